The molecule has 0 unspecified atom stereocenters. The summed E-state index contributed by atoms with van der Waals surface area (Å²) in [5.41, 5.74) is 7.79. The van der Waals surface area contributed by atoms with Crippen LogP contribution in [0.2, 0.25) is 0 Å². The number of oxime groups is 1. The van der Waals surface area contributed by atoms with E-state index < -0.39 is 0 Å². The summed E-state index contributed by atoms with van der Waals surface area (Å²) in [6.45, 7) is 1.95. The molecule has 1 aromatic heterocycles. The Morgan fingerprint density at radius 2 is 2.00 bits per heavy atom. The molecule has 2 rings (SSSR count). The van der Waals surface area contributed by atoms with Crippen LogP contribution in [0.25, 0.3) is 11.3 Å². The number of rotatable bonds is 3. The van der Waals surface area contributed by atoms with Gasteiger partial charge in [-0.05, 0) is 13.0 Å². The summed E-state index contributed by atoms with van der Waals surface area (Å²) in [5, 5.41) is 15.5. The summed E-state index contributed by atoms with van der Waals surface area (Å²) in [7, 11) is 0. The van der Waals surface area contributed by atoms with Crippen LogP contribution in [-0.2, 0) is 6.54 Å². The highest BCUT2D eigenvalue weighted by molar-refractivity contribution is 5.79. The first kappa shape index (κ1) is 12.8. The van der Waals surface area contributed by atoms with Crippen LogP contribution in [-0.4, -0.2) is 20.8 Å². The van der Waals surface area contributed by atoms with E-state index >= 15 is 0 Å². The van der Waals surface area contributed by atoms with Gasteiger partial charge in [0.05, 0.1) is 5.69 Å². The van der Waals surface area contributed by atoms with Crippen molar-refractivity contribution >= 4 is 5.84 Å². The maximum Gasteiger partial charge on any atom is 0.267 e. The van der Waals surface area contributed by atoms with E-state index in [-0.39, 0.29) is 17.9 Å². The van der Waals surface area contributed by atoms with Gasteiger partial charge in [0.15, 0.2) is 5.84 Å². The zero-order valence-electron chi connectivity index (χ0n) is 10.4. The van der Waals surface area contributed by atoms with Crippen LogP contribution in [0.1, 0.15) is 5.56 Å². The van der Waals surface area contributed by atoms with Crippen LogP contribution >= 0.6 is 0 Å². The molecule has 98 valence electrons. The minimum Gasteiger partial charge on any atom is -0.409 e. The van der Waals surface area contributed by atoms with Crippen LogP contribution in [0.4, 0.5) is 0 Å². The van der Waals surface area contributed by atoms with Crippen molar-refractivity contribution in [3.05, 3.63) is 52.3 Å². The van der Waals surface area contributed by atoms with Crippen molar-refractivity contribution in [2.24, 2.45) is 10.9 Å². The number of benzene rings is 1. The molecule has 19 heavy (non-hydrogen) atoms. The number of amidine groups is 1. The molecule has 1 aromatic carbocycles. The van der Waals surface area contributed by atoms with Gasteiger partial charge in [0.1, 0.15) is 6.54 Å². The first-order chi connectivity index (χ1) is 9.10. The highest BCUT2D eigenvalue weighted by Crippen LogP contribution is 2.15. The maximum absolute atomic E-state index is 11.6. The Morgan fingerprint density at radius 3 is 2.63 bits per heavy atom. The van der Waals surface area contributed by atoms with Gasteiger partial charge in [0.2, 0.25) is 0 Å². The lowest BCUT2D eigenvalue weighted by atomic mass is 10.1. The van der Waals surface area contributed by atoms with E-state index in [4.69, 9.17) is 10.9 Å². The second-order valence-electron chi connectivity index (χ2n) is 4.17. The lowest BCUT2D eigenvalue weighted by Crippen LogP contribution is -2.29. The number of aryl methyl sites for hydroxylation is 1. The first-order valence-electron chi connectivity index (χ1n) is 5.72. The summed E-state index contributed by atoms with van der Waals surface area (Å²) in [6, 6.07) is 10.8. The van der Waals surface area contributed by atoms with Gasteiger partial charge in [-0.3, -0.25) is 4.79 Å². The lowest BCUT2D eigenvalue weighted by Gasteiger charge is -2.06. The second kappa shape index (κ2) is 5.34. The predicted octanol–water partition coefficient (Wildman–Crippen LogP) is 0.965. The minimum absolute atomic E-state index is 0.0466. The molecule has 0 fully saturated rings. The number of aromatic nitrogens is 2. The van der Waals surface area contributed by atoms with E-state index in [1.165, 1.54) is 6.07 Å². The highest BCUT2D eigenvalue weighted by atomic mass is 16.4. The molecule has 0 bridgehead atoms. The third kappa shape index (κ3) is 2.98. The van der Waals surface area contributed by atoms with Crippen molar-refractivity contribution < 1.29 is 5.21 Å². The first-order valence-corrected chi connectivity index (χ1v) is 5.72. The van der Waals surface area contributed by atoms with Crippen LogP contribution in [0.5, 0.6) is 0 Å². The van der Waals surface area contributed by atoms with E-state index in [0.717, 1.165) is 15.8 Å². The van der Waals surface area contributed by atoms with Gasteiger partial charge in [-0.2, -0.15) is 5.10 Å². The van der Waals surface area contributed by atoms with Crippen molar-refractivity contribution in [3.8, 4) is 11.3 Å². The molecule has 0 saturated carbocycles. The van der Waals surface area contributed by atoms with Gasteiger partial charge in [0.25, 0.3) is 5.56 Å². The summed E-state index contributed by atoms with van der Waals surface area (Å²) < 4.78 is 1.16. The van der Waals surface area contributed by atoms with Gasteiger partial charge in [-0.1, -0.05) is 35.0 Å². The largest absolute Gasteiger partial charge is 0.409 e. The Hall–Kier alpha value is -2.63. The zero-order chi connectivity index (χ0) is 13.8. The van der Waals surface area contributed by atoms with Crippen molar-refractivity contribution in [3.63, 3.8) is 0 Å². The lowest BCUT2D eigenvalue weighted by molar-refractivity contribution is 0.315. The van der Waals surface area contributed by atoms with Crippen molar-refractivity contribution in [2.45, 2.75) is 13.5 Å². The molecular formula is C13H14N4O2. The molecule has 0 spiro atoms. The van der Waals surface area contributed by atoms with Crippen LogP contribution in [0.15, 0.2) is 46.3 Å². The van der Waals surface area contributed by atoms with Gasteiger partial charge in [-0.25, -0.2) is 4.68 Å². The molecular weight excluding hydrogens is 244 g/mol. The molecule has 6 heteroatoms. The molecule has 0 aliphatic rings. The fraction of sp³-hybridized carbons (Fsp3) is 0.154. The zero-order valence-corrected chi connectivity index (χ0v) is 10.4. The quantitative estimate of drug-likeness (QED) is 0.371. The van der Waals surface area contributed by atoms with Gasteiger partial charge in [0, 0.05) is 11.6 Å². The third-order valence-electron chi connectivity index (χ3n) is 2.65. The highest BCUT2D eigenvalue weighted by Gasteiger charge is 2.05. The van der Waals surface area contributed by atoms with E-state index in [2.05, 4.69) is 10.3 Å². The summed E-state index contributed by atoms with van der Waals surface area (Å²) in [5.74, 6) is -0.0735. The average molecular weight is 258 g/mol. The minimum atomic E-state index is -0.303. The Bertz CT molecular complexity index is 659. The molecule has 0 atom stereocenters. The van der Waals surface area contributed by atoms with Crippen molar-refractivity contribution in [1.29, 1.82) is 0 Å². The number of nitrogens with two attached hydrogens (primary N) is 1. The smallest absolute Gasteiger partial charge is 0.267 e. The maximum atomic E-state index is 11.6. The molecule has 0 aliphatic carbocycles. The Balaban J connectivity index is 2.40. The number of nitrogens with zero attached hydrogens (tertiary/aromatic N) is 3. The van der Waals surface area contributed by atoms with E-state index in [0.29, 0.717) is 5.69 Å². The summed E-state index contributed by atoms with van der Waals surface area (Å²) >= 11 is 0. The SMILES string of the molecule is Cc1ccc(-c2ccc(=O)n(C/C(N)=N/O)n2)cc1. The van der Waals surface area contributed by atoms with Crippen LogP contribution in [0.3, 0.4) is 0 Å². The molecule has 3 N–H and O–H groups in total. The summed E-state index contributed by atoms with van der Waals surface area (Å²) in [4.78, 5) is 11.6. The summed E-state index contributed by atoms with van der Waals surface area (Å²) in [6.07, 6.45) is 0. The molecule has 0 aliphatic heterocycles. The van der Waals surface area contributed by atoms with Crippen molar-refractivity contribution in [1.82, 2.24) is 9.78 Å². The average Bonchev–Trinajstić information content (AvgIpc) is 2.42. The van der Waals surface area contributed by atoms with Crippen LogP contribution in [0, 0.1) is 6.92 Å². The standard InChI is InChI=1S/C13H14N4O2/c1-9-2-4-10(5-3-9)11-6-7-13(18)17(15-11)8-12(14)16-19/h2-7,19H,8H2,1H3,(H2,14,16). The van der Waals surface area contributed by atoms with E-state index in [1.807, 2.05) is 31.2 Å². The molecule has 1 heterocycles. The molecule has 6 nitrogen and oxygen atoms in total. The molecule has 0 saturated heterocycles. The Labute approximate surface area is 109 Å². The van der Waals surface area contributed by atoms with Gasteiger partial charge in [-0.15, -0.1) is 0 Å². The molecule has 0 amide bonds. The Kier molecular flexibility index (Phi) is 3.61. The normalized spacial score (nSPS) is 11.5. The van der Waals surface area contributed by atoms with E-state index in [1.54, 1.807) is 6.07 Å². The fourth-order valence-corrected chi connectivity index (χ4v) is 1.63. The predicted molar refractivity (Wildman–Crippen MR) is 72.1 cm³/mol. The Morgan fingerprint density at radius 1 is 1.32 bits per heavy atom. The third-order valence-corrected chi connectivity index (χ3v) is 2.65. The van der Waals surface area contributed by atoms with Crippen molar-refractivity contribution in [2.75, 3.05) is 0 Å². The topological polar surface area (TPSA) is 93.5 Å². The monoisotopic (exact) mass is 258 g/mol. The van der Waals surface area contributed by atoms with E-state index in [9.17, 15) is 4.79 Å². The molecule has 2 aromatic rings. The second-order valence-corrected chi connectivity index (χ2v) is 4.17. The van der Waals surface area contributed by atoms with Gasteiger partial charge >= 0.3 is 0 Å². The number of hydrogen-bond donors (Lipinski definition) is 2. The number of hydrogen-bond acceptors (Lipinski definition) is 4. The van der Waals surface area contributed by atoms with Gasteiger partial charge < -0.3 is 10.9 Å². The van der Waals surface area contributed by atoms with Crippen LogP contribution < -0.4 is 11.3 Å². The molecule has 0 radical (unpaired) electrons. The fourth-order valence-electron chi connectivity index (χ4n) is 1.63.